The highest BCUT2D eigenvalue weighted by molar-refractivity contribution is 5.88. The highest BCUT2D eigenvalue weighted by Crippen LogP contribution is 2.19. The molecule has 0 aliphatic heterocycles. The van der Waals surface area contributed by atoms with Gasteiger partial charge in [0.25, 0.3) is 0 Å². The maximum atomic E-state index is 6.20. The average molecular weight is 224 g/mol. The lowest BCUT2D eigenvalue weighted by Gasteiger charge is -2.12. The van der Waals surface area contributed by atoms with Gasteiger partial charge in [0.2, 0.25) is 0 Å². The SMILES string of the molecule is CN/C(=C(\N)c1ccccc1)c1ccccc1. The summed E-state index contributed by atoms with van der Waals surface area (Å²) in [6, 6.07) is 20.1. The molecule has 0 saturated heterocycles. The summed E-state index contributed by atoms with van der Waals surface area (Å²) in [5, 5.41) is 3.17. The van der Waals surface area contributed by atoms with Crippen molar-refractivity contribution < 1.29 is 0 Å². The zero-order chi connectivity index (χ0) is 12.1. The van der Waals surface area contributed by atoms with E-state index in [1.165, 1.54) is 0 Å². The van der Waals surface area contributed by atoms with Gasteiger partial charge in [0.15, 0.2) is 0 Å². The minimum absolute atomic E-state index is 0.763. The quantitative estimate of drug-likeness (QED) is 0.787. The van der Waals surface area contributed by atoms with E-state index in [2.05, 4.69) is 5.32 Å². The van der Waals surface area contributed by atoms with Gasteiger partial charge in [-0.25, -0.2) is 0 Å². The molecule has 86 valence electrons. The lowest BCUT2D eigenvalue weighted by molar-refractivity contribution is 1.12. The molecule has 0 amide bonds. The molecule has 0 heterocycles. The average Bonchev–Trinajstić information content (AvgIpc) is 2.42. The number of hydrogen-bond acceptors (Lipinski definition) is 2. The van der Waals surface area contributed by atoms with Gasteiger partial charge >= 0.3 is 0 Å². The van der Waals surface area contributed by atoms with E-state index in [1.807, 2.05) is 67.7 Å². The number of hydrogen-bond donors (Lipinski definition) is 2. The summed E-state index contributed by atoms with van der Waals surface area (Å²) in [5.74, 6) is 0. The van der Waals surface area contributed by atoms with Crippen molar-refractivity contribution in [2.24, 2.45) is 5.73 Å². The van der Waals surface area contributed by atoms with Gasteiger partial charge in [-0.15, -0.1) is 0 Å². The molecule has 0 aliphatic rings. The topological polar surface area (TPSA) is 38.0 Å². The van der Waals surface area contributed by atoms with Crippen molar-refractivity contribution in [1.82, 2.24) is 5.32 Å². The molecule has 2 nitrogen and oxygen atoms in total. The highest BCUT2D eigenvalue weighted by Gasteiger charge is 2.05. The van der Waals surface area contributed by atoms with Crippen LogP contribution in [0.4, 0.5) is 0 Å². The first-order chi connectivity index (χ1) is 8.33. The second kappa shape index (κ2) is 5.21. The molecule has 0 aromatic heterocycles. The van der Waals surface area contributed by atoms with Gasteiger partial charge in [-0.2, -0.15) is 0 Å². The summed E-state index contributed by atoms with van der Waals surface area (Å²) in [5.41, 5.74) is 10.0. The smallest absolute Gasteiger partial charge is 0.0651 e. The third-order valence-corrected chi connectivity index (χ3v) is 2.67. The van der Waals surface area contributed by atoms with Gasteiger partial charge in [0.05, 0.1) is 11.4 Å². The minimum Gasteiger partial charge on any atom is -0.397 e. The summed E-state index contributed by atoms with van der Waals surface area (Å²) in [4.78, 5) is 0. The molecule has 0 saturated carbocycles. The van der Waals surface area contributed by atoms with Crippen LogP contribution in [0.3, 0.4) is 0 Å². The van der Waals surface area contributed by atoms with E-state index in [1.54, 1.807) is 0 Å². The fraction of sp³-hybridized carbons (Fsp3) is 0.0667. The fourth-order valence-electron chi connectivity index (χ4n) is 1.80. The summed E-state index contributed by atoms with van der Waals surface area (Å²) in [7, 11) is 1.89. The van der Waals surface area contributed by atoms with Crippen molar-refractivity contribution >= 4 is 11.4 Å². The first kappa shape index (κ1) is 11.3. The maximum absolute atomic E-state index is 6.20. The standard InChI is InChI=1S/C15H16N2/c1-17-15(13-10-6-3-7-11-13)14(16)12-8-4-2-5-9-12/h2-11,17H,16H2,1H3/b15-14-. The molecular weight excluding hydrogens is 208 g/mol. The number of nitrogens with one attached hydrogen (secondary N) is 1. The minimum atomic E-state index is 0.763. The molecule has 2 rings (SSSR count). The van der Waals surface area contributed by atoms with Crippen LogP contribution in [0, 0.1) is 0 Å². The van der Waals surface area contributed by atoms with Gasteiger partial charge in [0.1, 0.15) is 0 Å². The second-order valence-corrected chi connectivity index (χ2v) is 3.77. The second-order valence-electron chi connectivity index (χ2n) is 3.77. The molecular formula is C15H16N2. The van der Waals surface area contributed by atoms with Gasteiger partial charge < -0.3 is 11.1 Å². The first-order valence-corrected chi connectivity index (χ1v) is 5.61. The normalized spacial score (nSPS) is 11.8. The number of nitrogens with two attached hydrogens (primary N) is 1. The molecule has 0 fully saturated rings. The highest BCUT2D eigenvalue weighted by atomic mass is 14.9. The number of rotatable bonds is 3. The van der Waals surface area contributed by atoms with Crippen molar-refractivity contribution in [3.05, 3.63) is 71.8 Å². The summed E-state index contributed by atoms with van der Waals surface area (Å²) >= 11 is 0. The van der Waals surface area contributed by atoms with Gasteiger partial charge in [-0.05, 0) is 11.1 Å². The molecule has 0 atom stereocenters. The van der Waals surface area contributed by atoms with Crippen LogP contribution in [0.1, 0.15) is 11.1 Å². The van der Waals surface area contributed by atoms with E-state index in [4.69, 9.17) is 5.73 Å². The Hall–Kier alpha value is -2.22. The third kappa shape index (κ3) is 2.48. The molecule has 0 bridgehead atoms. The van der Waals surface area contributed by atoms with Crippen LogP contribution in [0.2, 0.25) is 0 Å². The van der Waals surface area contributed by atoms with Crippen LogP contribution in [0.5, 0.6) is 0 Å². The van der Waals surface area contributed by atoms with Crippen LogP contribution in [0.25, 0.3) is 11.4 Å². The largest absolute Gasteiger partial charge is 0.397 e. The predicted molar refractivity (Wildman–Crippen MR) is 72.9 cm³/mol. The van der Waals surface area contributed by atoms with E-state index in [-0.39, 0.29) is 0 Å². The molecule has 2 heteroatoms. The van der Waals surface area contributed by atoms with Crippen LogP contribution >= 0.6 is 0 Å². The van der Waals surface area contributed by atoms with Crippen LogP contribution < -0.4 is 11.1 Å². The molecule has 0 spiro atoms. The number of benzene rings is 2. The Morgan fingerprint density at radius 3 is 1.76 bits per heavy atom. The van der Waals surface area contributed by atoms with Gasteiger partial charge in [-0.1, -0.05) is 60.7 Å². The molecule has 0 unspecified atom stereocenters. The van der Waals surface area contributed by atoms with E-state index < -0.39 is 0 Å². The van der Waals surface area contributed by atoms with Gasteiger partial charge in [-0.3, -0.25) is 0 Å². The molecule has 0 aliphatic carbocycles. The van der Waals surface area contributed by atoms with E-state index in [9.17, 15) is 0 Å². The Bertz CT molecular complexity index is 501. The molecule has 2 aromatic rings. The van der Waals surface area contributed by atoms with E-state index in [0.717, 1.165) is 22.5 Å². The lowest BCUT2D eigenvalue weighted by Crippen LogP contribution is -2.12. The van der Waals surface area contributed by atoms with Gasteiger partial charge in [0, 0.05) is 7.05 Å². The Morgan fingerprint density at radius 2 is 1.29 bits per heavy atom. The van der Waals surface area contributed by atoms with Crippen LogP contribution in [0.15, 0.2) is 60.7 Å². The Kier molecular flexibility index (Phi) is 3.46. The van der Waals surface area contributed by atoms with Crippen LogP contribution in [-0.2, 0) is 0 Å². The Labute approximate surface area is 102 Å². The lowest BCUT2D eigenvalue weighted by atomic mass is 10.1. The summed E-state index contributed by atoms with van der Waals surface area (Å²) < 4.78 is 0. The monoisotopic (exact) mass is 224 g/mol. The molecule has 3 N–H and O–H groups in total. The van der Waals surface area contributed by atoms with Crippen molar-refractivity contribution in [3.63, 3.8) is 0 Å². The van der Waals surface area contributed by atoms with Crippen molar-refractivity contribution in [2.75, 3.05) is 7.05 Å². The molecule has 17 heavy (non-hydrogen) atoms. The van der Waals surface area contributed by atoms with Crippen LogP contribution in [-0.4, -0.2) is 7.05 Å². The Morgan fingerprint density at radius 1 is 0.824 bits per heavy atom. The summed E-state index contributed by atoms with van der Waals surface area (Å²) in [6.45, 7) is 0. The predicted octanol–water partition coefficient (Wildman–Crippen LogP) is 2.69. The molecule has 2 aromatic carbocycles. The third-order valence-electron chi connectivity index (χ3n) is 2.67. The van der Waals surface area contributed by atoms with Crippen molar-refractivity contribution in [3.8, 4) is 0 Å². The summed E-state index contributed by atoms with van der Waals surface area (Å²) in [6.07, 6.45) is 0. The Balaban J connectivity index is 2.48. The maximum Gasteiger partial charge on any atom is 0.0651 e. The molecule has 0 radical (unpaired) electrons. The first-order valence-electron chi connectivity index (χ1n) is 5.61. The van der Waals surface area contributed by atoms with E-state index in [0.29, 0.717) is 0 Å². The van der Waals surface area contributed by atoms with E-state index >= 15 is 0 Å². The van der Waals surface area contributed by atoms with Crippen molar-refractivity contribution in [1.29, 1.82) is 0 Å². The van der Waals surface area contributed by atoms with Crippen molar-refractivity contribution in [2.45, 2.75) is 0 Å². The fourth-order valence-corrected chi connectivity index (χ4v) is 1.80. The zero-order valence-electron chi connectivity index (χ0n) is 9.85. The zero-order valence-corrected chi connectivity index (χ0v) is 9.85.